The normalized spacial score (nSPS) is 12.7. The molecule has 6 heteroatoms. The van der Waals surface area contributed by atoms with Crippen LogP contribution in [0.25, 0.3) is 0 Å². The van der Waals surface area contributed by atoms with Crippen molar-refractivity contribution in [1.29, 1.82) is 0 Å². The summed E-state index contributed by atoms with van der Waals surface area (Å²) in [6.45, 7) is 3.37. The smallest absolute Gasteiger partial charge is 0.315 e. The number of rotatable bonds is 13. The van der Waals surface area contributed by atoms with Crippen LogP contribution in [0, 0.1) is 0 Å². The van der Waals surface area contributed by atoms with Crippen LogP contribution in [-0.2, 0) is 4.79 Å². The van der Waals surface area contributed by atoms with Crippen LogP contribution >= 0.6 is 0 Å². The molecule has 0 spiro atoms. The molecule has 1 atom stereocenters. The Morgan fingerprint density at radius 1 is 1.00 bits per heavy atom. The second-order valence-electron chi connectivity index (χ2n) is 7.27. The molecular formula is C17H35N3O3. The number of carbonyl (C=O) groups excluding carboxylic acids is 2. The monoisotopic (exact) mass is 329 g/mol. The number of nitrogens with zero attached hydrogens (tertiary/aromatic N) is 1. The maximum absolute atomic E-state index is 11.9. The molecule has 23 heavy (non-hydrogen) atoms. The summed E-state index contributed by atoms with van der Waals surface area (Å²) in [4.78, 5) is 22.6. The Kier molecular flexibility index (Phi) is 11.5. The van der Waals surface area contributed by atoms with Gasteiger partial charge in [-0.15, -0.1) is 0 Å². The van der Waals surface area contributed by atoms with Crippen molar-refractivity contribution in [2.45, 2.75) is 64.3 Å². The quantitative estimate of drug-likeness (QED) is 0.394. The highest BCUT2D eigenvalue weighted by Gasteiger charge is 2.20. The molecule has 0 radical (unpaired) electrons. The number of carboxylic acid groups (broad SMARTS) is 1. The number of hydrogen-bond acceptors (Lipinski definition) is 3. The largest absolute Gasteiger partial charge is 0.550 e. The summed E-state index contributed by atoms with van der Waals surface area (Å²) < 4.78 is 0.579. The standard InChI is InChI=1S/C17H35N3O3/c1-5-6-7-8-9-10-11-12-18-17(23)19-15(13-16(21)22)14-20(2,3)4/h15H,5-14H2,1-4H3,(H2-,18,19,21,22,23)/t15-/m0/s1. The number of unbranched alkanes of at least 4 members (excludes halogenated alkanes) is 6. The van der Waals surface area contributed by atoms with Gasteiger partial charge >= 0.3 is 6.03 Å². The highest BCUT2D eigenvalue weighted by molar-refractivity contribution is 5.75. The minimum Gasteiger partial charge on any atom is -0.550 e. The third kappa shape index (κ3) is 15.4. The molecule has 2 amide bonds. The van der Waals surface area contributed by atoms with Gasteiger partial charge in [0.05, 0.1) is 33.7 Å². The van der Waals surface area contributed by atoms with E-state index >= 15 is 0 Å². The summed E-state index contributed by atoms with van der Waals surface area (Å²) in [5, 5.41) is 16.3. The lowest BCUT2D eigenvalue weighted by Gasteiger charge is -2.30. The van der Waals surface area contributed by atoms with E-state index in [1.54, 1.807) is 0 Å². The third-order valence-electron chi connectivity index (χ3n) is 3.58. The Balaban J connectivity index is 3.88. The first-order chi connectivity index (χ1) is 10.7. The summed E-state index contributed by atoms with van der Waals surface area (Å²) in [6.07, 6.45) is 8.22. The third-order valence-corrected chi connectivity index (χ3v) is 3.58. The summed E-state index contributed by atoms with van der Waals surface area (Å²) in [6, 6.07) is -0.718. The lowest BCUT2D eigenvalue weighted by molar-refractivity contribution is -0.871. The van der Waals surface area contributed by atoms with Crippen LogP contribution in [0.1, 0.15) is 58.3 Å². The van der Waals surface area contributed by atoms with Gasteiger partial charge in [0.15, 0.2) is 0 Å². The molecule has 0 aliphatic heterocycles. The van der Waals surface area contributed by atoms with Gasteiger partial charge in [-0.3, -0.25) is 0 Å². The molecular weight excluding hydrogens is 294 g/mol. The van der Waals surface area contributed by atoms with Crippen molar-refractivity contribution in [3.63, 3.8) is 0 Å². The van der Waals surface area contributed by atoms with Gasteiger partial charge in [-0.1, -0.05) is 45.4 Å². The second kappa shape index (κ2) is 12.2. The van der Waals surface area contributed by atoms with E-state index in [9.17, 15) is 14.7 Å². The van der Waals surface area contributed by atoms with E-state index in [0.29, 0.717) is 17.6 Å². The highest BCUT2D eigenvalue weighted by Crippen LogP contribution is 2.06. The Bertz CT molecular complexity index is 340. The van der Waals surface area contributed by atoms with Crippen molar-refractivity contribution in [1.82, 2.24) is 10.6 Å². The molecule has 136 valence electrons. The van der Waals surface area contributed by atoms with E-state index in [0.717, 1.165) is 12.8 Å². The van der Waals surface area contributed by atoms with Crippen LogP contribution in [-0.4, -0.2) is 56.8 Å². The minimum absolute atomic E-state index is 0.166. The number of urea groups is 1. The van der Waals surface area contributed by atoms with E-state index in [4.69, 9.17) is 0 Å². The van der Waals surface area contributed by atoms with Crippen LogP contribution in [0.15, 0.2) is 0 Å². The number of amides is 2. The molecule has 0 rings (SSSR count). The van der Waals surface area contributed by atoms with Gasteiger partial charge in [0.2, 0.25) is 0 Å². The first kappa shape index (κ1) is 21.7. The van der Waals surface area contributed by atoms with Crippen LogP contribution in [0.5, 0.6) is 0 Å². The molecule has 6 nitrogen and oxygen atoms in total. The Morgan fingerprint density at radius 2 is 1.57 bits per heavy atom. The predicted molar refractivity (Wildman–Crippen MR) is 90.8 cm³/mol. The fraction of sp³-hybridized carbons (Fsp3) is 0.882. The fourth-order valence-corrected chi connectivity index (χ4v) is 2.54. The van der Waals surface area contributed by atoms with Gasteiger partial charge in [0.25, 0.3) is 0 Å². The zero-order valence-electron chi connectivity index (χ0n) is 15.3. The molecule has 0 aromatic carbocycles. The summed E-state index contributed by atoms with van der Waals surface area (Å²) in [7, 11) is 5.88. The van der Waals surface area contributed by atoms with Crippen molar-refractivity contribution in [3.8, 4) is 0 Å². The topological polar surface area (TPSA) is 81.3 Å². The van der Waals surface area contributed by atoms with Crippen molar-refractivity contribution in [2.75, 3.05) is 34.2 Å². The predicted octanol–water partition coefficient (Wildman–Crippen LogP) is 1.25. The van der Waals surface area contributed by atoms with Gasteiger partial charge in [0, 0.05) is 18.9 Å². The molecule has 0 aliphatic rings. The van der Waals surface area contributed by atoms with E-state index < -0.39 is 12.0 Å². The average molecular weight is 329 g/mol. The second-order valence-corrected chi connectivity index (χ2v) is 7.27. The molecule has 0 bridgehead atoms. The lowest BCUT2D eigenvalue weighted by Crippen LogP contribution is -2.53. The highest BCUT2D eigenvalue weighted by atomic mass is 16.4. The molecule has 0 aromatic heterocycles. The molecule has 0 aromatic rings. The maximum Gasteiger partial charge on any atom is 0.315 e. The zero-order valence-corrected chi connectivity index (χ0v) is 15.3. The lowest BCUT2D eigenvalue weighted by atomic mass is 10.1. The Labute approximate surface area is 141 Å². The van der Waals surface area contributed by atoms with Gasteiger partial charge in [0.1, 0.15) is 0 Å². The number of carbonyl (C=O) groups is 2. The molecule has 0 saturated carbocycles. The van der Waals surface area contributed by atoms with Gasteiger partial charge < -0.3 is 25.0 Å². The van der Waals surface area contributed by atoms with Gasteiger partial charge in [-0.2, -0.15) is 0 Å². The number of aliphatic carboxylic acids is 1. The van der Waals surface area contributed by atoms with Gasteiger partial charge in [-0.05, 0) is 6.42 Å². The molecule has 2 N–H and O–H groups in total. The molecule has 0 heterocycles. The van der Waals surface area contributed by atoms with Crippen molar-refractivity contribution in [2.24, 2.45) is 0 Å². The Hall–Kier alpha value is -1.30. The van der Waals surface area contributed by atoms with Crippen LogP contribution in [0.4, 0.5) is 4.79 Å². The minimum atomic E-state index is -1.14. The molecule has 0 saturated heterocycles. The molecule has 0 aliphatic carbocycles. The van der Waals surface area contributed by atoms with Crippen molar-refractivity contribution < 1.29 is 19.2 Å². The number of hydrogen-bond donors (Lipinski definition) is 2. The van der Waals surface area contributed by atoms with Crippen LogP contribution < -0.4 is 15.7 Å². The Morgan fingerprint density at radius 3 is 2.09 bits per heavy atom. The zero-order chi connectivity index (χ0) is 17.7. The number of quaternary nitrogens is 1. The van der Waals surface area contributed by atoms with Gasteiger partial charge in [-0.25, -0.2) is 4.79 Å². The summed E-state index contributed by atoms with van der Waals surface area (Å²) >= 11 is 0. The SMILES string of the molecule is CCCCCCCCCNC(=O)N[C@@H](CC(=O)[O-])C[N+](C)(C)C. The maximum atomic E-state index is 11.9. The first-order valence-corrected chi connectivity index (χ1v) is 8.79. The average Bonchev–Trinajstić information content (AvgIpc) is 2.39. The van der Waals surface area contributed by atoms with Crippen LogP contribution in [0.3, 0.4) is 0 Å². The molecule has 0 unspecified atom stereocenters. The number of nitrogens with one attached hydrogen (secondary N) is 2. The number of carboxylic acids is 1. The fourth-order valence-electron chi connectivity index (χ4n) is 2.54. The van der Waals surface area contributed by atoms with Crippen LogP contribution in [0.2, 0.25) is 0 Å². The van der Waals surface area contributed by atoms with E-state index in [1.807, 2.05) is 21.1 Å². The summed E-state index contributed by atoms with van der Waals surface area (Å²) in [5.41, 5.74) is 0. The summed E-state index contributed by atoms with van der Waals surface area (Å²) in [5.74, 6) is -1.14. The van der Waals surface area contributed by atoms with Crippen molar-refractivity contribution >= 4 is 12.0 Å². The molecule has 0 fully saturated rings. The van der Waals surface area contributed by atoms with E-state index in [1.165, 1.54) is 32.1 Å². The van der Waals surface area contributed by atoms with E-state index in [2.05, 4.69) is 17.6 Å². The number of likely N-dealkylation sites (N-methyl/N-ethyl adjacent to an activating group) is 1. The first-order valence-electron chi connectivity index (χ1n) is 8.79. The van der Waals surface area contributed by atoms with E-state index in [-0.39, 0.29) is 12.5 Å². The van der Waals surface area contributed by atoms with Crippen molar-refractivity contribution in [3.05, 3.63) is 0 Å².